The van der Waals surface area contributed by atoms with E-state index in [4.69, 9.17) is 5.26 Å². The van der Waals surface area contributed by atoms with Crippen molar-refractivity contribution in [3.63, 3.8) is 0 Å². The monoisotopic (exact) mass is 447 g/mol. The molecule has 0 aliphatic carbocycles. The fourth-order valence-corrected chi connectivity index (χ4v) is 3.24. The molecule has 0 radical (unpaired) electrons. The van der Waals surface area contributed by atoms with Gasteiger partial charge in [-0.2, -0.15) is 5.26 Å². The first-order valence-corrected chi connectivity index (χ1v) is 6.96. The van der Waals surface area contributed by atoms with Crippen LogP contribution in [0.2, 0.25) is 0 Å². The van der Waals surface area contributed by atoms with E-state index in [1.807, 2.05) is 24.3 Å². The second-order valence-corrected chi connectivity index (χ2v) is 5.80. The molecule has 0 atom stereocenters. The quantitative estimate of drug-likeness (QED) is 0.669. The number of hydrogen-bond acceptors (Lipinski definition) is 2. The summed E-state index contributed by atoms with van der Waals surface area (Å²) in [6, 6.07) is 13.4. The number of halogens is 2. The van der Waals surface area contributed by atoms with Gasteiger partial charge in [-0.25, -0.2) is 0 Å². The molecule has 4 heteroatoms. The van der Waals surface area contributed by atoms with Crippen molar-refractivity contribution in [2.45, 2.75) is 0 Å². The molecule has 84 valence electrons. The van der Waals surface area contributed by atoms with E-state index < -0.39 is 0 Å². The van der Waals surface area contributed by atoms with E-state index in [0.717, 1.165) is 18.3 Å². The van der Waals surface area contributed by atoms with Crippen molar-refractivity contribution in [1.29, 1.82) is 5.26 Å². The van der Waals surface area contributed by atoms with Crippen LogP contribution in [0, 0.1) is 18.5 Å². The molecule has 0 heterocycles. The minimum atomic E-state index is 0.323. The Bertz CT molecular complexity index is 577. The SMILES string of the molecule is N#Cc1ccc(-c2cc(I)c(O)c(I)c2)cc1. The average Bonchev–Trinajstić information content (AvgIpc) is 2.35. The van der Waals surface area contributed by atoms with Gasteiger partial charge in [0.1, 0.15) is 5.75 Å². The van der Waals surface area contributed by atoms with E-state index in [2.05, 4.69) is 51.3 Å². The van der Waals surface area contributed by atoms with Crippen LogP contribution in [-0.2, 0) is 0 Å². The topological polar surface area (TPSA) is 44.0 Å². The van der Waals surface area contributed by atoms with Crippen molar-refractivity contribution >= 4 is 45.2 Å². The zero-order chi connectivity index (χ0) is 12.4. The molecule has 2 aromatic carbocycles. The number of phenols is 1. The Balaban J connectivity index is 2.50. The Morgan fingerprint density at radius 3 is 1.94 bits per heavy atom. The standard InChI is InChI=1S/C13H7I2NO/c14-11-5-10(6-12(15)13(11)17)9-3-1-8(7-16)2-4-9/h1-6,17H. The third-order valence-electron chi connectivity index (χ3n) is 2.36. The molecule has 2 nitrogen and oxygen atoms in total. The highest BCUT2D eigenvalue weighted by atomic mass is 127. The molecular weight excluding hydrogens is 440 g/mol. The molecule has 2 aromatic rings. The fourth-order valence-electron chi connectivity index (χ4n) is 1.47. The number of aromatic hydroxyl groups is 1. The summed E-state index contributed by atoms with van der Waals surface area (Å²) in [6.07, 6.45) is 0. The molecule has 0 spiro atoms. The Hall–Kier alpha value is -0.810. The molecule has 0 unspecified atom stereocenters. The molecule has 17 heavy (non-hydrogen) atoms. The number of nitriles is 1. The van der Waals surface area contributed by atoms with E-state index in [0.29, 0.717) is 11.3 Å². The Labute approximate surface area is 127 Å². The van der Waals surface area contributed by atoms with Crippen LogP contribution in [0.5, 0.6) is 5.75 Å². The highest BCUT2D eigenvalue weighted by Crippen LogP contribution is 2.31. The smallest absolute Gasteiger partial charge is 0.142 e. The summed E-state index contributed by atoms with van der Waals surface area (Å²) in [4.78, 5) is 0. The van der Waals surface area contributed by atoms with E-state index in [-0.39, 0.29) is 0 Å². The number of nitrogens with zero attached hydrogens (tertiary/aromatic N) is 1. The van der Waals surface area contributed by atoms with Crippen LogP contribution in [0.1, 0.15) is 5.56 Å². The van der Waals surface area contributed by atoms with Crippen LogP contribution >= 0.6 is 45.2 Å². The minimum absolute atomic E-state index is 0.323. The first-order valence-electron chi connectivity index (χ1n) is 4.80. The zero-order valence-corrected chi connectivity index (χ0v) is 12.9. The summed E-state index contributed by atoms with van der Waals surface area (Å²) in [7, 11) is 0. The Morgan fingerprint density at radius 2 is 1.47 bits per heavy atom. The maximum absolute atomic E-state index is 9.70. The van der Waals surface area contributed by atoms with Gasteiger partial charge >= 0.3 is 0 Å². The normalized spacial score (nSPS) is 9.94. The summed E-state index contributed by atoms with van der Waals surface area (Å²) in [5, 5.41) is 18.4. The highest BCUT2D eigenvalue weighted by Gasteiger charge is 2.07. The number of phenolic OH excluding ortho intramolecular Hbond substituents is 1. The van der Waals surface area contributed by atoms with Gasteiger partial charge in [0, 0.05) is 0 Å². The van der Waals surface area contributed by atoms with Crippen LogP contribution in [0.15, 0.2) is 36.4 Å². The van der Waals surface area contributed by atoms with Gasteiger partial charge in [0.15, 0.2) is 0 Å². The average molecular weight is 447 g/mol. The van der Waals surface area contributed by atoms with Crippen molar-refractivity contribution in [1.82, 2.24) is 0 Å². The fraction of sp³-hybridized carbons (Fsp3) is 0. The number of hydrogen-bond donors (Lipinski definition) is 1. The second kappa shape index (κ2) is 5.23. The van der Waals surface area contributed by atoms with E-state index in [9.17, 15) is 5.11 Å². The molecule has 1 N–H and O–H groups in total. The summed E-state index contributed by atoms with van der Waals surface area (Å²) < 4.78 is 1.66. The maximum atomic E-state index is 9.70. The van der Waals surface area contributed by atoms with Crippen LogP contribution in [0.4, 0.5) is 0 Å². The largest absolute Gasteiger partial charge is 0.506 e. The first kappa shape index (κ1) is 12.6. The van der Waals surface area contributed by atoms with Gasteiger partial charge in [-0.1, -0.05) is 12.1 Å². The van der Waals surface area contributed by atoms with Gasteiger partial charge in [0.25, 0.3) is 0 Å². The van der Waals surface area contributed by atoms with Crippen LogP contribution in [0.3, 0.4) is 0 Å². The molecule has 2 rings (SSSR count). The minimum Gasteiger partial charge on any atom is -0.506 e. The van der Waals surface area contributed by atoms with Crippen molar-refractivity contribution in [2.24, 2.45) is 0 Å². The molecule has 0 aromatic heterocycles. The lowest BCUT2D eigenvalue weighted by Gasteiger charge is -2.06. The van der Waals surface area contributed by atoms with Gasteiger partial charge < -0.3 is 5.11 Å². The third kappa shape index (κ3) is 2.72. The Kier molecular flexibility index (Phi) is 3.89. The molecular formula is C13H7I2NO. The summed E-state index contributed by atoms with van der Waals surface area (Å²) in [6.45, 7) is 0. The van der Waals surface area contributed by atoms with Gasteiger partial charge in [-0.3, -0.25) is 0 Å². The van der Waals surface area contributed by atoms with Crippen LogP contribution < -0.4 is 0 Å². The van der Waals surface area contributed by atoms with Crippen LogP contribution in [0.25, 0.3) is 11.1 Å². The maximum Gasteiger partial charge on any atom is 0.142 e. The summed E-state index contributed by atoms with van der Waals surface area (Å²) >= 11 is 4.22. The summed E-state index contributed by atoms with van der Waals surface area (Å²) in [5.41, 5.74) is 2.73. The van der Waals surface area contributed by atoms with Crippen molar-refractivity contribution in [2.75, 3.05) is 0 Å². The molecule has 0 aliphatic rings. The molecule has 0 fully saturated rings. The van der Waals surface area contributed by atoms with Gasteiger partial charge in [-0.15, -0.1) is 0 Å². The Morgan fingerprint density at radius 1 is 0.941 bits per heavy atom. The molecule has 0 saturated carbocycles. The second-order valence-electron chi connectivity index (χ2n) is 3.48. The number of rotatable bonds is 1. The third-order valence-corrected chi connectivity index (χ3v) is 4.01. The van der Waals surface area contributed by atoms with E-state index in [1.165, 1.54) is 0 Å². The first-order chi connectivity index (χ1) is 8.11. The van der Waals surface area contributed by atoms with E-state index >= 15 is 0 Å². The molecule has 0 amide bonds. The van der Waals surface area contributed by atoms with Gasteiger partial charge in [-0.05, 0) is 80.6 Å². The lowest BCUT2D eigenvalue weighted by atomic mass is 10.0. The predicted octanol–water partition coefficient (Wildman–Crippen LogP) is 4.14. The lowest BCUT2D eigenvalue weighted by Crippen LogP contribution is -1.84. The zero-order valence-electron chi connectivity index (χ0n) is 8.61. The molecule has 0 bridgehead atoms. The van der Waals surface area contributed by atoms with Crippen molar-refractivity contribution in [3.8, 4) is 22.9 Å². The summed E-state index contributed by atoms with van der Waals surface area (Å²) in [5.74, 6) is 0.323. The number of benzene rings is 2. The molecule has 0 saturated heterocycles. The molecule has 0 aliphatic heterocycles. The lowest BCUT2D eigenvalue weighted by molar-refractivity contribution is 0.468. The van der Waals surface area contributed by atoms with Crippen molar-refractivity contribution < 1.29 is 5.11 Å². The van der Waals surface area contributed by atoms with Gasteiger partial charge in [0.05, 0.1) is 18.8 Å². The highest BCUT2D eigenvalue weighted by molar-refractivity contribution is 14.1. The van der Waals surface area contributed by atoms with Crippen LogP contribution in [-0.4, -0.2) is 5.11 Å². The van der Waals surface area contributed by atoms with Crippen molar-refractivity contribution in [3.05, 3.63) is 49.1 Å². The predicted molar refractivity (Wildman–Crippen MR) is 83.7 cm³/mol. The van der Waals surface area contributed by atoms with E-state index in [1.54, 1.807) is 12.1 Å². The van der Waals surface area contributed by atoms with Gasteiger partial charge in [0.2, 0.25) is 0 Å².